The molecule has 0 fully saturated rings. The minimum Gasteiger partial charge on any atom is -0.289 e. The Morgan fingerprint density at radius 3 is 2.86 bits per heavy atom. The van der Waals surface area contributed by atoms with Crippen LogP contribution in [0.15, 0.2) is 46.6 Å². The Balaban J connectivity index is 1.91. The van der Waals surface area contributed by atoms with Gasteiger partial charge in [0.25, 0.3) is 5.56 Å². The largest absolute Gasteiger partial charge is 0.289 e. The minimum atomic E-state index is -0.342. The zero-order valence-electron chi connectivity index (χ0n) is 11.0. The Bertz CT molecular complexity index is 1020. The molecule has 0 radical (unpaired) electrons. The molecule has 22 heavy (non-hydrogen) atoms. The summed E-state index contributed by atoms with van der Waals surface area (Å²) < 4.78 is 18.4. The van der Waals surface area contributed by atoms with Crippen LogP contribution in [-0.4, -0.2) is 24.2 Å². The fourth-order valence-electron chi connectivity index (χ4n) is 2.20. The van der Waals surface area contributed by atoms with E-state index in [4.69, 9.17) is 0 Å². The fraction of sp³-hybridized carbons (Fsp3) is 0. The maximum Gasteiger partial charge on any atom is 0.273 e. The average Bonchev–Trinajstić information content (AvgIpc) is 3.16. The molecule has 0 bridgehead atoms. The monoisotopic (exact) mass is 313 g/mol. The van der Waals surface area contributed by atoms with Crippen molar-refractivity contribution in [3.8, 4) is 22.6 Å². The van der Waals surface area contributed by atoms with Gasteiger partial charge in [-0.15, -0.1) is 5.10 Å². The number of nitrogens with one attached hydrogen (secondary N) is 1. The highest BCUT2D eigenvalue weighted by atomic mass is 32.1. The van der Waals surface area contributed by atoms with Crippen molar-refractivity contribution in [1.82, 2.24) is 24.2 Å². The summed E-state index contributed by atoms with van der Waals surface area (Å²) in [5, 5.41) is 8.55. The fourth-order valence-corrected chi connectivity index (χ4v) is 2.65. The standard InChI is InChI=1S/C14H8FN5OS/c15-9-3-1-2-8(4-9)10-5-13-16-11(12-7-22-19-17-12)6-14(21)20(13)18-10/h1-7,18H. The SMILES string of the molecule is O=c1cc(-c2csnn2)nc2cc(-c3cccc(F)c3)[nH]n12. The number of H-pyrrole nitrogens is 1. The number of rotatable bonds is 2. The molecule has 6 nitrogen and oxygen atoms in total. The lowest BCUT2D eigenvalue weighted by atomic mass is 10.1. The molecule has 0 aliphatic rings. The van der Waals surface area contributed by atoms with Crippen LogP contribution in [0.4, 0.5) is 4.39 Å². The first-order chi connectivity index (χ1) is 10.7. The van der Waals surface area contributed by atoms with Gasteiger partial charge < -0.3 is 0 Å². The van der Waals surface area contributed by atoms with Crippen molar-refractivity contribution in [2.24, 2.45) is 0 Å². The first-order valence-electron chi connectivity index (χ1n) is 6.37. The van der Waals surface area contributed by atoms with Crippen molar-refractivity contribution in [3.05, 3.63) is 57.9 Å². The number of aromatic amines is 1. The van der Waals surface area contributed by atoms with Crippen LogP contribution in [-0.2, 0) is 0 Å². The average molecular weight is 313 g/mol. The van der Waals surface area contributed by atoms with Crippen molar-refractivity contribution < 1.29 is 4.39 Å². The van der Waals surface area contributed by atoms with E-state index < -0.39 is 0 Å². The number of fused-ring (bicyclic) bond motifs is 1. The summed E-state index contributed by atoms with van der Waals surface area (Å²) in [6.07, 6.45) is 0. The van der Waals surface area contributed by atoms with Crippen LogP contribution in [0.1, 0.15) is 0 Å². The van der Waals surface area contributed by atoms with E-state index in [-0.39, 0.29) is 11.4 Å². The minimum absolute atomic E-state index is 0.268. The third-order valence-corrected chi connectivity index (χ3v) is 3.71. The van der Waals surface area contributed by atoms with E-state index in [1.807, 2.05) is 0 Å². The van der Waals surface area contributed by atoms with Gasteiger partial charge in [-0.25, -0.2) is 13.9 Å². The Morgan fingerprint density at radius 2 is 2.09 bits per heavy atom. The van der Waals surface area contributed by atoms with Crippen molar-refractivity contribution in [2.45, 2.75) is 0 Å². The van der Waals surface area contributed by atoms with Gasteiger partial charge in [-0.3, -0.25) is 9.89 Å². The molecule has 0 atom stereocenters. The summed E-state index contributed by atoms with van der Waals surface area (Å²) in [4.78, 5) is 16.6. The Morgan fingerprint density at radius 1 is 1.18 bits per heavy atom. The molecule has 0 saturated carbocycles. The van der Waals surface area contributed by atoms with E-state index in [1.165, 1.54) is 34.2 Å². The molecule has 4 rings (SSSR count). The van der Waals surface area contributed by atoms with Gasteiger partial charge in [0, 0.05) is 23.1 Å². The van der Waals surface area contributed by atoms with Gasteiger partial charge in [0.1, 0.15) is 11.5 Å². The molecule has 0 amide bonds. The number of nitrogens with zero attached hydrogens (tertiary/aromatic N) is 4. The summed E-state index contributed by atoms with van der Waals surface area (Å²) in [5.41, 5.74) is 2.44. The quantitative estimate of drug-likeness (QED) is 0.616. The third-order valence-electron chi connectivity index (χ3n) is 3.21. The Labute approximate surface area is 127 Å². The van der Waals surface area contributed by atoms with E-state index in [1.54, 1.807) is 23.6 Å². The summed E-state index contributed by atoms with van der Waals surface area (Å²) in [7, 11) is 0. The number of halogens is 1. The van der Waals surface area contributed by atoms with E-state index in [9.17, 15) is 9.18 Å². The predicted molar refractivity (Wildman–Crippen MR) is 80.1 cm³/mol. The van der Waals surface area contributed by atoms with Crippen molar-refractivity contribution >= 4 is 17.2 Å². The van der Waals surface area contributed by atoms with Crippen molar-refractivity contribution in [3.63, 3.8) is 0 Å². The highest BCUT2D eigenvalue weighted by Crippen LogP contribution is 2.20. The summed E-state index contributed by atoms with van der Waals surface area (Å²) in [6, 6.07) is 9.20. The van der Waals surface area contributed by atoms with Crippen LogP contribution in [0.3, 0.4) is 0 Å². The maximum atomic E-state index is 13.3. The van der Waals surface area contributed by atoms with Crippen LogP contribution >= 0.6 is 11.5 Å². The number of hydrogen-bond acceptors (Lipinski definition) is 5. The zero-order chi connectivity index (χ0) is 15.1. The van der Waals surface area contributed by atoms with Gasteiger partial charge in [0.05, 0.1) is 11.4 Å². The second-order valence-electron chi connectivity index (χ2n) is 4.64. The van der Waals surface area contributed by atoms with Crippen molar-refractivity contribution in [2.75, 3.05) is 0 Å². The van der Waals surface area contributed by atoms with E-state index in [2.05, 4.69) is 19.7 Å². The molecule has 0 spiro atoms. The molecule has 1 aromatic carbocycles. The molecular weight excluding hydrogens is 305 g/mol. The van der Waals surface area contributed by atoms with Crippen LogP contribution < -0.4 is 5.56 Å². The van der Waals surface area contributed by atoms with Gasteiger partial charge in [-0.1, -0.05) is 16.6 Å². The smallest absolute Gasteiger partial charge is 0.273 e. The third kappa shape index (κ3) is 2.09. The lowest BCUT2D eigenvalue weighted by Gasteiger charge is -1.97. The summed E-state index contributed by atoms with van der Waals surface area (Å²) >= 11 is 1.19. The van der Waals surface area contributed by atoms with Gasteiger partial charge in [0.15, 0.2) is 5.65 Å². The van der Waals surface area contributed by atoms with Gasteiger partial charge in [-0.05, 0) is 23.7 Å². The Hall–Kier alpha value is -2.87. The van der Waals surface area contributed by atoms with Gasteiger partial charge in [-0.2, -0.15) is 0 Å². The normalized spacial score (nSPS) is 11.1. The van der Waals surface area contributed by atoms with Crippen LogP contribution in [0.25, 0.3) is 28.3 Å². The lowest BCUT2D eigenvalue weighted by molar-refractivity contribution is 0.628. The van der Waals surface area contributed by atoms with Gasteiger partial charge >= 0.3 is 0 Å². The molecule has 1 N–H and O–H groups in total. The second-order valence-corrected chi connectivity index (χ2v) is 5.25. The van der Waals surface area contributed by atoms with Crippen molar-refractivity contribution in [1.29, 1.82) is 0 Å². The van der Waals surface area contributed by atoms with Crippen LogP contribution in [0, 0.1) is 5.82 Å². The number of aromatic nitrogens is 5. The molecule has 3 aromatic heterocycles. The predicted octanol–water partition coefficient (Wildman–Crippen LogP) is 2.35. The molecule has 0 saturated heterocycles. The highest BCUT2D eigenvalue weighted by molar-refractivity contribution is 7.03. The van der Waals surface area contributed by atoms with Gasteiger partial charge in [0.2, 0.25) is 0 Å². The number of hydrogen-bond donors (Lipinski definition) is 1. The molecule has 0 aliphatic heterocycles. The lowest BCUT2D eigenvalue weighted by Crippen LogP contribution is -2.14. The van der Waals surface area contributed by atoms with E-state index in [0.29, 0.717) is 28.3 Å². The zero-order valence-corrected chi connectivity index (χ0v) is 11.8. The first-order valence-corrected chi connectivity index (χ1v) is 7.20. The molecule has 4 aromatic rings. The Kier molecular flexibility index (Phi) is 2.83. The topological polar surface area (TPSA) is 75.9 Å². The van der Waals surface area contributed by atoms with Crippen LogP contribution in [0.2, 0.25) is 0 Å². The highest BCUT2D eigenvalue weighted by Gasteiger charge is 2.11. The van der Waals surface area contributed by atoms with Crippen LogP contribution in [0.5, 0.6) is 0 Å². The summed E-state index contributed by atoms with van der Waals surface area (Å²) in [5.74, 6) is -0.342. The summed E-state index contributed by atoms with van der Waals surface area (Å²) in [6.45, 7) is 0. The molecule has 3 heterocycles. The van der Waals surface area contributed by atoms with E-state index >= 15 is 0 Å². The molecule has 0 aliphatic carbocycles. The molecule has 0 unspecified atom stereocenters. The first kappa shape index (κ1) is 12.8. The maximum absolute atomic E-state index is 13.3. The second kappa shape index (κ2) is 4.85. The molecule has 8 heteroatoms. The molecular formula is C14H8FN5OS. The number of benzene rings is 1. The molecule has 108 valence electrons. The van der Waals surface area contributed by atoms with E-state index in [0.717, 1.165) is 0 Å².